The van der Waals surface area contributed by atoms with Crippen LogP contribution in [0.15, 0.2) is 12.1 Å². The number of aromatic hydroxyl groups is 1. The standard InChI is InChI=1S/C11H14O4/c1-14-9-6-8(12)10(15-2)5-7(9)11(13)3-4-11/h5-6,12-13H,3-4H2,1-2H3. The minimum absolute atomic E-state index is 0.0161. The summed E-state index contributed by atoms with van der Waals surface area (Å²) in [5, 5.41) is 19.6. The summed E-state index contributed by atoms with van der Waals surface area (Å²) in [6, 6.07) is 3.09. The number of hydrogen-bond acceptors (Lipinski definition) is 4. The van der Waals surface area contributed by atoms with Gasteiger partial charge in [0.15, 0.2) is 11.5 Å². The number of ether oxygens (including phenoxy) is 2. The summed E-state index contributed by atoms with van der Waals surface area (Å²) in [6.45, 7) is 0. The SMILES string of the molecule is COc1cc(C2(O)CC2)c(OC)cc1O. The fraction of sp³-hybridized carbons (Fsp3) is 0.455. The van der Waals surface area contributed by atoms with Gasteiger partial charge in [0.05, 0.1) is 19.8 Å². The molecule has 0 radical (unpaired) electrons. The van der Waals surface area contributed by atoms with E-state index in [1.165, 1.54) is 20.3 Å². The van der Waals surface area contributed by atoms with E-state index in [1.54, 1.807) is 6.07 Å². The summed E-state index contributed by atoms with van der Waals surface area (Å²) in [5.74, 6) is 0.863. The molecule has 82 valence electrons. The molecule has 0 saturated heterocycles. The average molecular weight is 210 g/mol. The monoisotopic (exact) mass is 210 g/mol. The molecule has 0 heterocycles. The van der Waals surface area contributed by atoms with Crippen LogP contribution in [0.25, 0.3) is 0 Å². The van der Waals surface area contributed by atoms with Crippen LogP contribution in [-0.2, 0) is 5.60 Å². The summed E-state index contributed by atoms with van der Waals surface area (Å²) in [7, 11) is 2.98. The van der Waals surface area contributed by atoms with Gasteiger partial charge in [-0.15, -0.1) is 0 Å². The van der Waals surface area contributed by atoms with Crippen molar-refractivity contribution in [2.75, 3.05) is 14.2 Å². The number of rotatable bonds is 3. The molecule has 1 aliphatic rings. The Kier molecular flexibility index (Phi) is 2.23. The van der Waals surface area contributed by atoms with Crippen LogP contribution in [-0.4, -0.2) is 24.4 Å². The van der Waals surface area contributed by atoms with Crippen LogP contribution < -0.4 is 9.47 Å². The van der Waals surface area contributed by atoms with Crippen molar-refractivity contribution in [2.45, 2.75) is 18.4 Å². The predicted octanol–water partition coefficient (Wildman–Crippen LogP) is 1.39. The number of methoxy groups -OCH3 is 2. The smallest absolute Gasteiger partial charge is 0.161 e. The molecule has 0 atom stereocenters. The van der Waals surface area contributed by atoms with E-state index < -0.39 is 5.60 Å². The Bertz CT molecular complexity index is 382. The highest BCUT2D eigenvalue weighted by atomic mass is 16.5. The Balaban J connectivity index is 2.51. The molecule has 1 saturated carbocycles. The summed E-state index contributed by atoms with van der Waals surface area (Å²) in [4.78, 5) is 0. The van der Waals surface area contributed by atoms with Gasteiger partial charge < -0.3 is 19.7 Å². The molecule has 0 bridgehead atoms. The first-order chi connectivity index (χ1) is 7.10. The number of benzene rings is 1. The van der Waals surface area contributed by atoms with Crippen molar-refractivity contribution in [3.05, 3.63) is 17.7 Å². The maximum atomic E-state index is 10.0. The minimum Gasteiger partial charge on any atom is -0.504 e. The van der Waals surface area contributed by atoms with Crippen LogP contribution in [0.5, 0.6) is 17.2 Å². The van der Waals surface area contributed by atoms with E-state index in [0.29, 0.717) is 17.1 Å². The second-order valence-electron chi connectivity index (χ2n) is 3.76. The van der Waals surface area contributed by atoms with Gasteiger partial charge in [-0.2, -0.15) is 0 Å². The first-order valence-corrected chi connectivity index (χ1v) is 4.78. The van der Waals surface area contributed by atoms with Gasteiger partial charge in [0, 0.05) is 11.6 Å². The average Bonchev–Trinajstić information content (AvgIpc) is 2.97. The zero-order chi connectivity index (χ0) is 11.1. The van der Waals surface area contributed by atoms with Crippen LogP contribution in [0.4, 0.5) is 0 Å². The number of hydrogen-bond donors (Lipinski definition) is 2. The number of phenols is 1. The van der Waals surface area contributed by atoms with Gasteiger partial charge in [-0.25, -0.2) is 0 Å². The molecule has 0 amide bonds. The maximum Gasteiger partial charge on any atom is 0.161 e. The predicted molar refractivity (Wildman–Crippen MR) is 54.3 cm³/mol. The fourth-order valence-electron chi connectivity index (χ4n) is 1.63. The van der Waals surface area contributed by atoms with Crippen molar-refractivity contribution in [3.8, 4) is 17.2 Å². The molecule has 0 aromatic heterocycles. The Morgan fingerprint density at radius 2 is 1.73 bits per heavy atom. The molecule has 4 nitrogen and oxygen atoms in total. The Morgan fingerprint density at radius 1 is 1.13 bits per heavy atom. The third-order valence-electron chi connectivity index (χ3n) is 2.73. The van der Waals surface area contributed by atoms with E-state index in [4.69, 9.17) is 9.47 Å². The van der Waals surface area contributed by atoms with Crippen LogP contribution in [0, 0.1) is 0 Å². The van der Waals surface area contributed by atoms with E-state index in [0.717, 1.165) is 12.8 Å². The molecule has 1 aromatic carbocycles. The molecule has 1 aliphatic carbocycles. The largest absolute Gasteiger partial charge is 0.504 e. The van der Waals surface area contributed by atoms with Crippen molar-refractivity contribution in [1.29, 1.82) is 0 Å². The highest BCUT2D eigenvalue weighted by molar-refractivity contribution is 5.53. The first-order valence-electron chi connectivity index (χ1n) is 4.78. The van der Waals surface area contributed by atoms with Crippen molar-refractivity contribution >= 4 is 0 Å². The lowest BCUT2D eigenvalue weighted by Gasteiger charge is -2.15. The van der Waals surface area contributed by atoms with E-state index in [1.807, 2.05) is 0 Å². The minimum atomic E-state index is -0.799. The third-order valence-corrected chi connectivity index (χ3v) is 2.73. The van der Waals surface area contributed by atoms with Crippen molar-refractivity contribution in [2.24, 2.45) is 0 Å². The molecule has 0 aliphatic heterocycles. The topological polar surface area (TPSA) is 58.9 Å². The molecule has 15 heavy (non-hydrogen) atoms. The van der Waals surface area contributed by atoms with Gasteiger partial charge in [0.25, 0.3) is 0 Å². The number of phenolic OH excluding ortho intramolecular Hbond substituents is 1. The summed E-state index contributed by atoms with van der Waals surface area (Å²) < 4.78 is 10.1. The Hall–Kier alpha value is -1.42. The maximum absolute atomic E-state index is 10.0. The highest BCUT2D eigenvalue weighted by Gasteiger charge is 2.44. The lowest BCUT2D eigenvalue weighted by molar-refractivity contribution is 0.147. The molecule has 2 N–H and O–H groups in total. The summed E-state index contributed by atoms with van der Waals surface area (Å²) >= 11 is 0. The van der Waals surface area contributed by atoms with Gasteiger partial charge in [-0.05, 0) is 18.9 Å². The number of aliphatic hydroxyl groups is 1. The van der Waals surface area contributed by atoms with E-state index in [-0.39, 0.29) is 5.75 Å². The van der Waals surface area contributed by atoms with Gasteiger partial charge in [-0.3, -0.25) is 0 Å². The molecule has 2 rings (SSSR count). The van der Waals surface area contributed by atoms with Gasteiger partial charge in [-0.1, -0.05) is 0 Å². The van der Waals surface area contributed by atoms with Crippen molar-refractivity contribution in [1.82, 2.24) is 0 Å². The summed E-state index contributed by atoms with van der Waals surface area (Å²) in [6.07, 6.45) is 1.44. The molecule has 4 heteroatoms. The zero-order valence-electron chi connectivity index (χ0n) is 8.78. The fourth-order valence-corrected chi connectivity index (χ4v) is 1.63. The van der Waals surface area contributed by atoms with Crippen LogP contribution in [0.3, 0.4) is 0 Å². The van der Waals surface area contributed by atoms with E-state index in [2.05, 4.69) is 0 Å². The highest BCUT2D eigenvalue weighted by Crippen LogP contribution is 2.51. The molecule has 1 fully saturated rings. The molecule has 1 aromatic rings. The second-order valence-corrected chi connectivity index (χ2v) is 3.76. The summed E-state index contributed by atoms with van der Waals surface area (Å²) in [5.41, 5.74) is -0.119. The zero-order valence-corrected chi connectivity index (χ0v) is 8.78. The Morgan fingerprint density at radius 3 is 2.20 bits per heavy atom. The third kappa shape index (κ3) is 1.61. The van der Waals surface area contributed by atoms with Crippen molar-refractivity contribution < 1.29 is 19.7 Å². The second kappa shape index (κ2) is 3.31. The van der Waals surface area contributed by atoms with E-state index in [9.17, 15) is 10.2 Å². The van der Waals surface area contributed by atoms with E-state index >= 15 is 0 Å². The molecular formula is C11H14O4. The Labute approximate surface area is 88.1 Å². The van der Waals surface area contributed by atoms with Crippen LogP contribution in [0.2, 0.25) is 0 Å². The van der Waals surface area contributed by atoms with Gasteiger partial charge in [0.1, 0.15) is 5.75 Å². The van der Waals surface area contributed by atoms with Gasteiger partial charge >= 0.3 is 0 Å². The normalized spacial score (nSPS) is 17.3. The van der Waals surface area contributed by atoms with Crippen LogP contribution >= 0.6 is 0 Å². The lowest BCUT2D eigenvalue weighted by Crippen LogP contribution is -2.07. The molecule has 0 spiro atoms. The molecular weight excluding hydrogens is 196 g/mol. The first kappa shape index (κ1) is 10.1. The van der Waals surface area contributed by atoms with Gasteiger partial charge in [0.2, 0.25) is 0 Å². The van der Waals surface area contributed by atoms with Crippen LogP contribution in [0.1, 0.15) is 18.4 Å². The lowest BCUT2D eigenvalue weighted by atomic mass is 10.1. The molecule has 0 unspecified atom stereocenters. The quantitative estimate of drug-likeness (QED) is 0.791. The van der Waals surface area contributed by atoms with Crippen molar-refractivity contribution in [3.63, 3.8) is 0 Å².